The fraction of sp³-hybridized carbons (Fsp3) is 0.800. The second-order valence-corrected chi connectivity index (χ2v) is 2.18. The van der Waals surface area contributed by atoms with Gasteiger partial charge in [-0.05, 0) is 6.26 Å². The van der Waals surface area contributed by atoms with Gasteiger partial charge in [0.1, 0.15) is 0 Å². The maximum absolute atomic E-state index is 8.38. The summed E-state index contributed by atoms with van der Waals surface area (Å²) in [6.07, 6.45) is 1.94. The highest BCUT2D eigenvalue weighted by molar-refractivity contribution is 8.13. The third-order valence-corrected chi connectivity index (χ3v) is 1.50. The Morgan fingerprint density at radius 1 is 1.78 bits per heavy atom. The van der Waals surface area contributed by atoms with Crippen molar-refractivity contribution in [3.63, 3.8) is 0 Å². The van der Waals surface area contributed by atoms with Gasteiger partial charge in [-0.3, -0.25) is 4.99 Å². The van der Waals surface area contributed by atoms with Crippen LogP contribution in [0.5, 0.6) is 0 Å². The zero-order chi connectivity index (χ0) is 7.11. The van der Waals surface area contributed by atoms with E-state index in [0.29, 0.717) is 6.54 Å². The molecule has 0 bridgehead atoms. The standard InChI is InChI=1S/C5H12N2OS/c1-6-5(9-2)7-3-4-8/h8H,3-4H2,1-2H3,(H,6,7). The number of aliphatic hydroxyl groups is 1. The van der Waals surface area contributed by atoms with Crippen LogP contribution in [0, 0.1) is 0 Å². The predicted octanol–water partition coefficient (Wildman–Crippen LogP) is -0.0829. The number of nitrogens with one attached hydrogen (secondary N) is 1. The van der Waals surface area contributed by atoms with Crippen molar-refractivity contribution in [2.24, 2.45) is 4.99 Å². The molecule has 0 saturated carbocycles. The van der Waals surface area contributed by atoms with Crippen LogP contribution in [-0.4, -0.2) is 36.7 Å². The molecule has 2 N–H and O–H groups in total. The summed E-state index contributed by atoms with van der Waals surface area (Å²) < 4.78 is 0. The van der Waals surface area contributed by atoms with E-state index in [1.54, 1.807) is 7.05 Å². The minimum absolute atomic E-state index is 0.152. The van der Waals surface area contributed by atoms with Crippen molar-refractivity contribution in [2.75, 3.05) is 26.5 Å². The highest BCUT2D eigenvalue weighted by Gasteiger charge is 1.89. The molecular formula is C5H12N2OS. The first-order valence-corrected chi connectivity index (χ1v) is 3.93. The smallest absolute Gasteiger partial charge is 0.156 e. The lowest BCUT2D eigenvalue weighted by molar-refractivity contribution is 0.301. The molecule has 0 aromatic rings. The fourth-order valence-corrected chi connectivity index (χ4v) is 0.834. The van der Waals surface area contributed by atoms with Crippen molar-refractivity contribution in [3.8, 4) is 0 Å². The van der Waals surface area contributed by atoms with Gasteiger partial charge in [0.15, 0.2) is 5.17 Å². The van der Waals surface area contributed by atoms with Gasteiger partial charge in [0, 0.05) is 13.6 Å². The number of nitrogens with zero attached hydrogens (tertiary/aromatic N) is 1. The number of hydrogen-bond donors (Lipinski definition) is 2. The first-order chi connectivity index (χ1) is 4.35. The SMILES string of the molecule is CN=C(NCCO)SC. The van der Waals surface area contributed by atoms with Crippen LogP contribution in [0.4, 0.5) is 0 Å². The molecule has 0 aromatic heterocycles. The summed E-state index contributed by atoms with van der Waals surface area (Å²) in [5.74, 6) is 0. The van der Waals surface area contributed by atoms with Crippen molar-refractivity contribution in [1.82, 2.24) is 5.32 Å². The Kier molecular flexibility index (Phi) is 5.76. The van der Waals surface area contributed by atoms with Crippen LogP contribution in [0.25, 0.3) is 0 Å². The van der Waals surface area contributed by atoms with E-state index in [9.17, 15) is 0 Å². The second-order valence-electron chi connectivity index (χ2n) is 1.38. The van der Waals surface area contributed by atoms with E-state index in [1.165, 1.54) is 11.8 Å². The molecule has 0 saturated heterocycles. The lowest BCUT2D eigenvalue weighted by atomic mass is 10.7. The van der Waals surface area contributed by atoms with E-state index in [0.717, 1.165) is 5.17 Å². The molecule has 9 heavy (non-hydrogen) atoms. The van der Waals surface area contributed by atoms with E-state index in [4.69, 9.17) is 5.11 Å². The molecule has 0 amide bonds. The van der Waals surface area contributed by atoms with Crippen LogP contribution in [0.15, 0.2) is 4.99 Å². The van der Waals surface area contributed by atoms with Crippen molar-refractivity contribution in [3.05, 3.63) is 0 Å². The van der Waals surface area contributed by atoms with E-state index < -0.39 is 0 Å². The quantitative estimate of drug-likeness (QED) is 0.425. The minimum atomic E-state index is 0.152. The molecule has 4 heteroatoms. The lowest BCUT2D eigenvalue weighted by Gasteiger charge is -2.02. The second kappa shape index (κ2) is 5.91. The molecule has 0 fully saturated rings. The number of aliphatic imine (C=N–C) groups is 1. The summed E-state index contributed by atoms with van der Waals surface area (Å²) in [4.78, 5) is 3.90. The summed E-state index contributed by atoms with van der Waals surface area (Å²) in [6, 6.07) is 0. The maximum atomic E-state index is 8.38. The van der Waals surface area contributed by atoms with Gasteiger partial charge in [0.2, 0.25) is 0 Å². The Bertz CT molecular complexity index is 95.0. The highest BCUT2D eigenvalue weighted by atomic mass is 32.2. The zero-order valence-corrected chi connectivity index (χ0v) is 6.53. The van der Waals surface area contributed by atoms with E-state index >= 15 is 0 Å². The molecule has 0 spiro atoms. The number of thioether (sulfide) groups is 1. The Hall–Kier alpha value is -0.220. The van der Waals surface area contributed by atoms with Crippen molar-refractivity contribution in [2.45, 2.75) is 0 Å². The van der Waals surface area contributed by atoms with Gasteiger partial charge in [0.25, 0.3) is 0 Å². The van der Waals surface area contributed by atoms with Crippen molar-refractivity contribution >= 4 is 16.9 Å². The van der Waals surface area contributed by atoms with Crippen molar-refractivity contribution in [1.29, 1.82) is 0 Å². The third-order valence-electron chi connectivity index (χ3n) is 0.784. The summed E-state index contributed by atoms with van der Waals surface area (Å²) in [5, 5.41) is 12.2. The molecule has 0 radical (unpaired) electrons. The molecule has 54 valence electrons. The molecule has 0 atom stereocenters. The van der Waals surface area contributed by atoms with E-state index in [1.807, 2.05) is 6.26 Å². The Morgan fingerprint density at radius 2 is 2.44 bits per heavy atom. The number of amidine groups is 1. The average molecular weight is 148 g/mol. The monoisotopic (exact) mass is 148 g/mol. The summed E-state index contributed by atoms with van der Waals surface area (Å²) in [6.45, 7) is 0.729. The van der Waals surface area contributed by atoms with Gasteiger partial charge >= 0.3 is 0 Å². The molecule has 0 rings (SSSR count). The van der Waals surface area contributed by atoms with Gasteiger partial charge in [-0.2, -0.15) is 0 Å². The van der Waals surface area contributed by atoms with E-state index in [-0.39, 0.29) is 6.61 Å². The summed E-state index contributed by atoms with van der Waals surface area (Å²) in [5.41, 5.74) is 0. The van der Waals surface area contributed by atoms with Gasteiger partial charge in [-0.15, -0.1) is 0 Å². The zero-order valence-electron chi connectivity index (χ0n) is 5.72. The van der Waals surface area contributed by atoms with Crippen LogP contribution in [0.2, 0.25) is 0 Å². The van der Waals surface area contributed by atoms with Gasteiger partial charge in [-0.1, -0.05) is 11.8 Å². The fourth-order valence-electron chi connectivity index (χ4n) is 0.405. The third kappa shape index (κ3) is 4.29. The number of aliphatic hydroxyl groups excluding tert-OH is 1. The van der Waals surface area contributed by atoms with Gasteiger partial charge < -0.3 is 10.4 Å². The van der Waals surface area contributed by atoms with Crippen molar-refractivity contribution < 1.29 is 5.11 Å². The first kappa shape index (κ1) is 8.78. The molecule has 0 aliphatic rings. The first-order valence-electron chi connectivity index (χ1n) is 2.70. The maximum Gasteiger partial charge on any atom is 0.156 e. The Labute approximate surface area is 59.6 Å². The molecule has 0 aliphatic carbocycles. The highest BCUT2D eigenvalue weighted by Crippen LogP contribution is 1.91. The summed E-state index contributed by atoms with van der Waals surface area (Å²) >= 11 is 1.54. The Morgan fingerprint density at radius 3 is 2.78 bits per heavy atom. The van der Waals surface area contributed by atoms with Crippen LogP contribution >= 0.6 is 11.8 Å². The molecule has 0 unspecified atom stereocenters. The molecule has 0 aromatic carbocycles. The average Bonchev–Trinajstić information content (AvgIpc) is 1.91. The topological polar surface area (TPSA) is 44.6 Å². The molecular weight excluding hydrogens is 136 g/mol. The van der Waals surface area contributed by atoms with Crippen LogP contribution in [-0.2, 0) is 0 Å². The number of rotatable bonds is 2. The number of hydrogen-bond acceptors (Lipinski definition) is 3. The van der Waals surface area contributed by atoms with Gasteiger partial charge in [-0.25, -0.2) is 0 Å². The van der Waals surface area contributed by atoms with Crippen LogP contribution in [0.3, 0.4) is 0 Å². The molecule has 0 aliphatic heterocycles. The van der Waals surface area contributed by atoms with Crippen LogP contribution < -0.4 is 5.32 Å². The normalized spacial score (nSPS) is 11.7. The summed E-state index contributed by atoms with van der Waals surface area (Å²) in [7, 11) is 1.72. The van der Waals surface area contributed by atoms with E-state index in [2.05, 4.69) is 10.3 Å². The molecule has 3 nitrogen and oxygen atoms in total. The molecule has 0 heterocycles. The minimum Gasteiger partial charge on any atom is -0.395 e. The van der Waals surface area contributed by atoms with Crippen LogP contribution in [0.1, 0.15) is 0 Å². The largest absolute Gasteiger partial charge is 0.395 e. The Balaban J connectivity index is 3.33. The van der Waals surface area contributed by atoms with Gasteiger partial charge in [0.05, 0.1) is 6.61 Å². The lowest BCUT2D eigenvalue weighted by Crippen LogP contribution is -2.23. The predicted molar refractivity (Wildman–Crippen MR) is 42.0 cm³/mol.